The average Bonchev–Trinajstić information content (AvgIpc) is 2.77. The summed E-state index contributed by atoms with van der Waals surface area (Å²) in [6.07, 6.45) is 1.12. The lowest BCUT2D eigenvalue weighted by Gasteiger charge is -2.12. The predicted octanol–water partition coefficient (Wildman–Crippen LogP) is 2.29. The zero-order chi connectivity index (χ0) is 11.5. The Labute approximate surface area is 95.3 Å². The highest BCUT2D eigenvalue weighted by atomic mass is 16.3. The first-order valence-corrected chi connectivity index (χ1v) is 5.48. The van der Waals surface area contributed by atoms with Crippen LogP contribution in [-0.4, -0.2) is 14.9 Å². The molecule has 0 aliphatic carbocycles. The Kier molecular flexibility index (Phi) is 3.06. The molecule has 84 valence electrons. The Hall–Kier alpha value is -1.61. The van der Waals surface area contributed by atoms with Crippen LogP contribution in [0.2, 0.25) is 0 Å². The van der Waals surface area contributed by atoms with Crippen LogP contribution in [-0.2, 0) is 6.54 Å². The molecule has 1 unspecified atom stereocenters. The van der Waals surface area contributed by atoms with Crippen LogP contribution >= 0.6 is 0 Å². The third-order valence-corrected chi connectivity index (χ3v) is 2.72. The molecule has 0 aliphatic rings. The molecule has 2 rings (SSSR count). The van der Waals surface area contributed by atoms with Gasteiger partial charge in [-0.1, -0.05) is 29.8 Å². The second-order valence-electron chi connectivity index (χ2n) is 3.89. The number of aromatic nitrogens is 2. The van der Waals surface area contributed by atoms with E-state index in [4.69, 9.17) is 0 Å². The summed E-state index contributed by atoms with van der Waals surface area (Å²) in [6.45, 7) is 4.82. The van der Waals surface area contributed by atoms with Crippen molar-refractivity contribution in [2.45, 2.75) is 26.5 Å². The minimum absolute atomic E-state index is 0.594. The fraction of sp³-hybridized carbons (Fsp3) is 0.308. The van der Waals surface area contributed by atoms with Gasteiger partial charge in [0, 0.05) is 12.7 Å². The monoisotopic (exact) mass is 216 g/mol. The molecule has 3 heteroatoms. The minimum atomic E-state index is -0.594. The summed E-state index contributed by atoms with van der Waals surface area (Å²) in [5.41, 5.74) is 2.94. The summed E-state index contributed by atoms with van der Waals surface area (Å²) < 4.78 is 1.81. The van der Waals surface area contributed by atoms with Gasteiger partial charge in [0.15, 0.2) is 0 Å². The normalized spacial score (nSPS) is 12.7. The third kappa shape index (κ3) is 1.99. The standard InChI is InChI=1S/C13H16N2O/c1-3-15-12(8-9-14-15)13(16)11-6-4-10(2)5-7-11/h4-9,13,16H,3H2,1-2H3. The number of benzene rings is 1. The van der Waals surface area contributed by atoms with Crippen molar-refractivity contribution in [3.05, 3.63) is 53.3 Å². The Balaban J connectivity index is 2.31. The molecule has 0 aliphatic heterocycles. The highest BCUT2D eigenvalue weighted by Gasteiger charge is 2.14. The summed E-state index contributed by atoms with van der Waals surface area (Å²) in [7, 11) is 0. The zero-order valence-electron chi connectivity index (χ0n) is 9.59. The first-order chi connectivity index (χ1) is 7.72. The van der Waals surface area contributed by atoms with Crippen molar-refractivity contribution >= 4 is 0 Å². The van der Waals surface area contributed by atoms with Gasteiger partial charge >= 0.3 is 0 Å². The lowest BCUT2D eigenvalue weighted by molar-refractivity contribution is 0.208. The topological polar surface area (TPSA) is 38.0 Å². The molecule has 0 saturated heterocycles. The van der Waals surface area contributed by atoms with Crippen LogP contribution in [0.1, 0.15) is 29.8 Å². The molecule has 1 atom stereocenters. The van der Waals surface area contributed by atoms with E-state index in [9.17, 15) is 5.11 Å². The second kappa shape index (κ2) is 4.49. The maximum absolute atomic E-state index is 10.2. The van der Waals surface area contributed by atoms with E-state index in [1.54, 1.807) is 6.20 Å². The maximum atomic E-state index is 10.2. The highest BCUT2D eigenvalue weighted by Crippen LogP contribution is 2.21. The van der Waals surface area contributed by atoms with Gasteiger partial charge in [-0.2, -0.15) is 5.10 Å². The first kappa shape index (κ1) is 10.9. The largest absolute Gasteiger partial charge is 0.382 e. The SMILES string of the molecule is CCn1nccc1C(O)c1ccc(C)cc1. The molecule has 16 heavy (non-hydrogen) atoms. The van der Waals surface area contributed by atoms with E-state index >= 15 is 0 Å². The van der Waals surface area contributed by atoms with Crippen LogP contribution in [0.25, 0.3) is 0 Å². The molecule has 3 nitrogen and oxygen atoms in total. The third-order valence-electron chi connectivity index (χ3n) is 2.72. The number of nitrogens with zero attached hydrogens (tertiary/aromatic N) is 2. The van der Waals surface area contributed by atoms with Gasteiger partial charge in [0.05, 0.1) is 5.69 Å². The van der Waals surface area contributed by atoms with Crippen LogP contribution in [0, 0.1) is 6.92 Å². The van der Waals surface area contributed by atoms with Gasteiger partial charge in [-0.3, -0.25) is 4.68 Å². The molecular formula is C13H16N2O. The summed E-state index contributed by atoms with van der Waals surface area (Å²) >= 11 is 0. The van der Waals surface area contributed by atoms with Crippen molar-refractivity contribution < 1.29 is 5.11 Å². The van der Waals surface area contributed by atoms with Crippen LogP contribution in [0.4, 0.5) is 0 Å². The molecule has 2 aromatic rings. The molecule has 0 saturated carbocycles. The minimum Gasteiger partial charge on any atom is -0.382 e. The van der Waals surface area contributed by atoms with Gasteiger partial charge in [-0.15, -0.1) is 0 Å². The van der Waals surface area contributed by atoms with Crippen LogP contribution in [0.5, 0.6) is 0 Å². The maximum Gasteiger partial charge on any atom is 0.121 e. The Morgan fingerprint density at radius 1 is 1.25 bits per heavy atom. The van der Waals surface area contributed by atoms with E-state index in [1.165, 1.54) is 5.56 Å². The van der Waals surface area contributed by atoms with Gasteiger partial charge in [-0.25, -0.2) is 0 Å². The average molecular weight is 216 g/mol. The van der Waals surface area contributed by atoms with Gasteiger partial charge in [-0.05, 0) is 25.5 Å². The highest BCUT2D eigenvalue weighted by molar-refractivity contribution is 5.28. The summed E-state index contributed by atoms with van der Waals surface area (Å²) in [5, 5.41) is 14.4. The van der Waals surface area contributed by atoms with Crippen molar-refractivity contribution in [2.75, 3.05) is 0 Å². The Morgan fingerprint density at radius 2 is 1.94 bits per heavy atom. The van der Waals surface area contributed by atoms with Crippen LogP contribution < -0.4 is 0 Å². The van der Waals surface area contributed by atoms with Gasteiger partial charge < -0.3 is 5.11 Å². The molecule has 1 aromatic heterocycles. The van der Waals surface area contributed by atoms with E-state index in [0.717, 1.165) is 17.8 Å². The number of aliphatic hydroxyl groups excluding tert-OH is 1. The zero-order valence-corrected chi connectivity index (χ0v) is 9.59. The molecule has 0 bridgehead atoms. The van der Waals surface area contributed by atoms with Gasteiger partial charge in [0.1, 0.15) is 6.10 Å². The van der Waals surface area contributed by atoms with Crippen molar-refractivity contribution in [3.8, 4) is 0 Å². The molecule has 0 amide bonds. The van der Waals surface area contributed by atoms with Crippen LogP contribution in [0.3, 0.4) is 0 Å². The van der Waals surface area contributed by atoms with Crippen molar-refractivity contribution in [3.63, 3.8) is 0 Å². The molecule has 0 spiro atoms. The van der Waals surface area contributed by atoms with Gasteiger partial charge in [0.25, 0.3) is 0 Å². The molecule has 0 fully saturated rings. The van der Waals surface area contributed by atoms with Gasteiger partial charge in [0.2, 0.25) is 0 Å². The Bertz CT molecular complexity index is 459. The Morgan fingerprint density at radius 3 is 2.56 bits per heavy atom. The quantitative estimate of drug-likeness (QED) is 0.854. The molecular weight excluding hydrogens is 200 g/mol. The lowest BCUT2D eigenvalue weighted by Crippen LogP contribution is -2.08. The first-order valence-electron chi connectivity index (χ1n) is 5.48. The van der Waals surface area contributed by atoms with E-state index in [1.807, 2.05) is 48.9 Å². The fourth-order valence-electron chi connectivity index (χ4n) is 1.76. The van der Waals surface area contributed by atoms with E-state index < -0.39 is 6.10 Å². The van der Waals surface area contributed by atoms with Crippen molar-refractivity contribution in [1.82, 2.24) is 9.78 Å². The fourth-order valence-corrected chi connectivity index (χ4v) is 1.76. The summed E-state index contributed by atoms with van der Waals surface area (Å²) in [6, 6.07) is 9.77. The molecule has 0 radical (unpaired) electrons. The van der Waals surface area contributed by atoms with E-state index in [0.29, 0.717) is 0 Å². The number of hydrogen-bond donors (Lipinski definition) is 1. The second-order valence-corrected chi connectivity index (χ2v) is 3.89. The molecule has 1 heterocycles. The smallest absolute Gasteiger partial charge is 0.121 e. The lowest BCUT2D eigenvalue weighted by atomic mass is 10.1. The number of aryl methyl sites for hydroxylation is 2. The van der Waals surface area contributed by atoms with Crippen LogP contribution in [0.15, 0.2) is 36.5 Å². The molecule has 1 N–H and O–H groups in total. The summed E-state index contributed by atoms with van der Waals surface area (Å²) in [4.78, 5) is 0. The summed E-state index contributed by atoms with van der Waals surface area (Å²) in [5.74, 6) is 0. The van der Waals surface area contributed by atoms with E-state index in [-0.39, 0.29) is 0 Å². The molecule has 1 aromatic carbocycles. The predicted molar refractivity (Wildman–Crippen MR) is 63.1 cm³/mol. The van der Waals surface area contributed by atoms with Crippen molar-refractivity contribution in [1.29, 1.82) is 0 Å². The number of rotatable bonds is 3. The number of aliphatic hydroxyl groups is 1. The van der Waals surface area contributed by atoms with E-state index in [2.05, 4.69) is 5.10 Å². The van der Waals surface area contributed by atoms with Crippen molar-refractivity contribution in [2.24, 2.45) is 0 Å². The number of hydrogen-bond acceptors (Lipinski definition) is 2.